The number of aromatic nitrogens is 2. The summed E-state index contributed by atoms with van der Waals surface area (Å²) >= 11 is 0. The summed E-state index contributed by atoms with van der Waals surface area (Å²) in [7, 11) is 0. The minimum atomic E-state index is -4.67. The molecule has 0 saturated carbocycles. The molecule has 0 atom stereocenters. The maximum absolute atomic E-state index is 12.1. The second kappa shape index (κ2) is 8.71. The van der Waals surface area contributed by atoms with Crippen LogP contribution >= 0.6 is 0 Å². The Morgan fingerprint density at radius 3 is 2.60 bits per heavy atom. The first-order chi connectivity index (χ1) is 11.9. The Labute approximate surface area is 144 Å². The minimum absolute atomic E-state index is 0.234. The summed E-state index contributed by atoms with van der Waals surface area (Å²) in [6, 6.07) is 5.68. The first-order valence-electron chi connectivity index (χ1n) is 7.97. The van der Waals surface area contributed by atoms with E-state index in [1.165, 1.54) is 12.1 Å². The molecule has 0 saturated heterocycles. The summed E-state index contributed by atoms with van der Waals surface area (Å²) in [5.41, 5.74) is 3.97. The van der Waals surface area contributed by atoms with E-state index < -0.39 is 6.36 Å². The smallest absolute Gasteiger partial charge is 0.406 e. The lowest BCUT2D eigenvalue weighted by atomic mass is 10.1. The average Bonchev–Trinajstić information content (AvgIpc) is 3.02. The molecule has 2 aromatic rings. The van der Waals surface area contributed by atoms with Crippen molar-refractivity contribution in [3.63, 3.8) is 0 Å². The fourth-order valence-corrected chi connectivity index (χ4v) is 2.32. The molecule has 0 radical (unpaired) electrons. The highest BCUT2D eigenvalue weighted by molar-refractivity contribution is 5.61. The molecule has 0 amide bonds. The first-order valence-corrected chi connectivity index (χ1v) is 7.97. The van der Waals surface area contributed by atoms with E-state index in [0.717, 1.165) is 35.4 Å². The van der Waals surface area contributed by atoms with Crippen molar-refractivity contribution in [3.8, 4) is 5.75 Å². The predicted molar refractivity (Wildman–Crippen MR) is 89.0 cm³/mol. The number of aryl methyl sites for hydroxylation is 1. The molecule has 136 valence electrons. The third-order valence-corrected chi connectivity index (χ3v) is 3.67. The van der Waals surface area contributed by atoms with E-state index in [4.69, 9.17) is 4.74 Å². The van der Waals surface area contributed by atoms with Crippen molar-refractivity contribution in [1.29, 1.82) is 0 Å². The molecule has 25 heavy (non-hydrogen) atoms. The Bertz CT molecular complexity index is 691. The number of nitrogens with one attached hydrogen (secondary N) is 1. The predicted octanol–water partition coefficient (Wildman–Crippen LogP) is 4.88. The quantitative estimate of drug-likeness (QED) is 0.687. The molecule has 4 nitrogen and oxygen atoms in total. The van der Waals surface area contributed by atoms with Gasteiger partial charge in [0.05, 0.1) is 18.6 Å². The van der Waals surface area contributed by atoms with Crippen molar-refractivity contribution >= 4 is 5.57 Å². The van der Waals surface area contributed by atoms with E-state index in [1.54, 1.807) is 18.5 Å². The lowest BCUT2D eigenvalue weighted by Crippen LogP contribution is -2.17. The van der Waals surface area contributed by atoms with Crippen molar-refractivity contribution in [1.82, 2.24) is 9.97 Å². The molecule has 1 N–H and O–H groups in total. The van der Waals surface area contributed by atoms with Crippen LogP contribution in [0.15, 0.2) is 36.7 Å². The van der Waals surface area contributed by atoms with Gasteiger partial charge in [0, 0.05) is 12.3 Å². The van der Waals surface area contributed by atoms with E-state index >= 15 is 0 Å². The summed E-state index contributed by atoms with van der Waals surface area (Å²) in [6.07, 6.45) is 0.667. The van der Waals surface area contributed by atoms with E-state index in [-0.39, 0.29) is 5.75 Å². The number of hydrogen-bond acceptors (Lipinski definition) is 3. The third kappa shape index (κ3) is 6.26. The van der Waals surface area contributed by atoms with Gasteiger partial charge in [-0.15, -0.1) is 13.2 Å². The standard InChI is InChI=1S/C18H21F3N2O2/c1-3-13(2)17-16(22-12-23-17)5-4-10-24-11-14-6-8-15(9-7-14)25-18(19,20)21/h3,6-9,12H,4-5,10-11H2,1-2H3,(H,22,23)/b13-3+. The Balaban J connectivity index is 1.72. The molecule has 2 rings (SSSR count). The number of halogens is 3. The van der Waals surface area contributed by atoms with Crippen LogP contribution in [0, 0.1) is 0 Å². The van der Waals surface area contributed by atoms with E-state index in [0.29, 0.717) is 13.2 Å². The molecular weight excluding hydrogens is 333 g/mol. The second-order valence-electron chi connectivity index (χ2n) is 5.55. The summed E-state index contributed by atoms with van der Waals surface area (Å²) in [6.45, 7) is 4.88. The Morgan fingerprint density at radius 1 is 1.24 bits per heavy atom. The van der Waals surface area contributed by atoms with Gasteiger partial charge in [0.1, 0.15) is 5.75 Å². The van der Waals surface area contributed by atoms with Gasteiger partial charge in [-0.1, -0.05) is 18.2 Å². The van der Waals surface area contributed by atoms with Crippen LogP contribution < -0.4 is 4.74 Å². The highest BCUT2D eigenvalue weighted by Gasteiger charge is 2.30. The Kier molecular flexibility index (Phi) is 6.64. The minimum Gasteiger partial charge on any atom is -0.406 e. The fourth-order valence-electron chi connectivity index (χ4n) is 2.32. The zero-order chi connectivity index (χ0) is 18.3. The summed E-state index contributed by atoms with van der Waals surface area (Å²) in [5.74, 6) is -0.234. The van der Waals surface area contributed by atoms with Gasteiger partial charge in [0.25, 0.3) is 0 Å². The van der Waals surface area contributed by atoms with Crippen LogP contribution in [0.1, 0.15) is 37.2 Å². The SMILES string of the molecule is C/C=C(\C)c1nc[nH]c1CCCOCc1ccc(OC(F)(F)F)cc1. The highest BCUT2D eigenvalue weighted by atomic mass is 19.4. The van der Waals surface area contributed by atoms with Crippen LogP contribution in [0.4, 0.5) is 13.2 Å². The molecular formula is C18H21F3N2O2. The Hall–Kier alpha value is -2.28. The fraction of sp³-hybridized carbons (Fsp3) is 0.389. The van der Waals surface area contributed by atoms with E-state index in [2.05, 4.69) is 14.7 Å². The van der Waals surface area contributed by atoms with Crippen molar-refractivity contribution in [3.05, 3.63) is 53.6 Å². The van der Waals surface area contributed by atoms with Gasteiger partial charge < -0.3 is 14.5 Å². The second-order valence-corrected chi connectivity index (χ2v) is 5.55. The third-order valence-electron chi connectivity index (χ3n) is 3.67. The van der Waals surface area contributed by atoms with Crippen LogP contribution in [0.3, 0.4) is 0 Å². The number of imidazole rings is 1. The maximum Gasteiger partial charge on any atom is 0.573 e. The first kappa shape index (κ1) is 19.1. The molecule has 0 unspecified atom stereocenters. The number of allylic oxidation sites excluding steroid dienone is 2. The largest absolute Gasteiger partial charge is 0.573 e. The number of alkyl halides is 3. The number of H-pyrrole nitrogens is 1. The van der Waals surface area contributed by atoms with Crippen LogP contribution in [0.5, 0.6) is 5.75 Å². The van der Waals surface area contributed by atoms with Crippen molar-refractivity contribution < 1.29 is 22.6 Å². The van der Waals surface area contributed by atoms with E-state index in [1.807, 2.05) is 19.9 Å². The number of hydrogen-bond donors (Lipinski definition) is 1. The van der Waals surface area contributed by atoms with Gasteiger partial charge in [0.15, 0.2) is 0 Å². The van der Waals surface area contributed by atoms with Gasteiger partial charge in [-0.3, -0.25) is 0 Å². The molecule has 1 aromatic heterocycles. The molecule has 0 spiro atoms. The average molecular weight is 354 g/mol. The highest BCUT2D eigenvalue weighted by Crippen LogP contribution is 2.23. The molecule has 0 aliphatic rings. The number of nitrogens with zero attached hydrogens (tertiary/aromatic N) is 1. The molecule has 0 aliphatic heterocycles. The molecule has 7 heteroatoms. The summed E-state index contributed by atoms with van der Waals surface area (Å²) in [4.78, 5) is 7.45. The topological polar surface area (TPSA) is 47.1 Å². The van der Waals surface area contributed by atoms with Crippen LogP contribution in [-0.2, 0) is 17.8 Å². The zero-order valence-electron chi connectivity index (χ0n) is 14.2. The lowest BCUT2D eigenvalue weighted by Gasteiger charge is -2.09. The van der Waals surface area contributed by atoms with Gasteiger partial charge in [0.2, 0.25) is 0 Å². The number of rotatable bonds is 8. The van der Waals surface area contributed by atoms with Gasteiger partial charge in [-0.05, 0) is 50.0 Å². The zero-order valence-corrected chi connectivity index (χ0v) is 14.2. The molecule has 0 aliphatic carbocycles. The molecule has 1 heterocycles. The Morgan fingerprint density at radius 2 is 1.96 bits per heavy atom. The maximum atomic E-state index is 12.1. The van der Waals surface area contributed by atoms with Crippen molar-refractivity contribution in [2.45, 2.75) is 39.7 Å². The number of ether oxygens (including phenoxy) is 2. The lowest BCUT2D eigenvalue weighted by molar-refractivity contribution is -0.274. The van der Waals surface area contributed by atoms with Gasteiger partial charge in [-0.25, -0.2) is 4.98 Å². The van der Waals surface area contributed by atoms with Crippen LogP contribution in [0.25, 0.3) is 5.57 Å². The van der Waals surface area contributed by atoms with Crippen LogP contribution in [-0.4, -0.2) is 22.9 Å². The van der Waals surface area contributed by atoms with Gasteiger partial charge >= 0.3 is 6.36 Å². The number of benzene rings is 1. The van der Waals surface area contributed by atoms with Crippen molar-refractivity contribution in [2.24, 2.45) is 0 Å². The summed E-state index contributed by atoms with van der Waals surface area (Å²) < 4.78 is 45.7. The number of aromatic amines is 1. The van der Waals surface area contributed by atoms with Crippen molar-refractivity contribution in [2.75, 3.05) is 6.61 Å². The van der Waals surface area contributed by atoms with Gasteiger partial charge in [-0.2, -0.15) is 0 Å². The monoisotopic (exact) mass is 354 g/mol. The molecule has 1 aromatic carbocycles. The molecule has 0 fully saturated rings. The summed E-state index contributed by atoms with van der Waals surface area (Å²) in [5, 5.41) is 0. The van der Waals surface area contributed by atoms with Crippen LogP contribution in [0.2, 0.25) is 0 Å². The molecule has 0 bridgehead atoms. The van der Waals surface area contributed by atoms with E-state index in [9.17, 15) is 13.2 Å². The normalized spacial score (nSPS) is 12.4.